The van der Waals surface area contributed by atoms with Gasteiger partial charge in [-0.3, -0.25) is 14.2 Å². The van der Waals surface area contributed by atoms with Gasteiger partial charge in [0.2, 0.25) is 5.91 Å². The Morgan fingerprint density at radius 2 is 1.75 bits per heavy atom. The molecule has 24 heavy (non-hydrogen) atoms. The molecule has 0 saturated heterocycles. The fourth-order valence-electron chi connectivity index (χ4n) is 2.44. The lowest BCUT2D eigenvalue weighted by atomic mass is 10.3. The highest BCUT2D eigenvalue weighted by molar-refractivity contribution is 5.75. The summed E-state index contributed by atoms with van der Waals surface area (Å²) in [5, 5.41) is 10.6. The van der Waals surface area contributed by atoms with Gasteiger partial charge in [-0.05, 0) is 39.3 Å². The SMILES string of the molecule is Cc1cc(C)n(CCCNC(=O)Cn2nc(C)cc2C(F)(F)F)n1. The Morgan fingerprint density at radius 1 is 1.12 bits per heavy atom. The Balaban J connectivity index is 1.83. The van der Waals surface area contributed by atoms with Crippen molar-refractivity contribution >= 4 is 5.91 Å². The van der Waals surface area contributed by atoms with Crippen LogP contribution in [0.2, 0.25) is 0 Å². The number of nitrogens with zero attached hydrogens (tertiary/aromatic N) is 4. The van der Waals surface area contributed by atoms with E-state index < -0.39 is 24.3 Å². The van der Waals surface area contributed by atoms with Crippen LogP contribution in [0.25, 0.3) is 0 Å². The number of alkyl halides is 3. The molecule has 0 aromatic carbocycles. The van der Waals surface area contributed by atoms with E-state index in [1.54, 1.807) is 0 Å². The van der Waals surface area contributed by atoms with Crippen LogP contribution in [0.15, 0.2) is 12.1 Å². The lowest BCUT2D eigenvalue weighted by molar-refractivity contribution is -0.144. The number of nitrogens with one attached hydrogen (secondary N) is 1. The molecule has 132 valence electrons. The third-order valence-electron chi connectivity index (χ3n) is 3.46. The molecule has 2 rings (SSSR count). The Bertz CT molecular complexity index is 717. The van der Waals surface area contributed by atoms with Crippen LogP contribution in [0.3, 0.4) is 0 Å². The van der Waals surface area contributed by atoms with E-state index in [1.807, 2.05) is 24.6 Å². The van der Waals surface area contributed by atoms with E-state index in [0.717, 1.165) is 17.5 Å². The number of aryl methyl sites for hydroxylation is 4. The minimum atomic E-state index is -4.53. The van der Waals surface area contributed by atoms with Crippen molar-refractivity contribution in [3.8, 4) is 0 Å². The van der Waals surface area contributed by atoms with Crippen LogP contribution in [0.1, 0.15) is 29.2 Å². The maximum Gasteiger partial charge on any atom is 0.433 e. The summed E-state index contributed by atoms with van der Waals surface area (Å²) in [6.07, 6.45) is -3.89. The molecule has 0 aliphatic heterocycles. The predicted octanol–water partition coefficient (Wildman–Crippen LogP) is 2.23. The smallest absolute Gasteiger partial charge is 0.354 e. The number of rotatable bonds is 6. The zero-order valence-electron chi connectivity index (χ0n) is 13.8. The molecular weight excluding hydrogens is 323 g/mol. The van der Waals surface area contributed by atoms with Gasteiger partial charge in [-0.2, -0.15) is 23.4 Å². The largest absolute Gasteiger partial charge is 0.433 e. The number of hydrogen-bond donors (Lipinski definition) is 1. The average molecular weight is 343 g/mol. The van der Waals surface area contributed by atoms with Gasteiger partial charge < -0.3 is 5.32 Å². The molecule has 0 unspecified atom stereocenters. The van der Waals surface area contributed by atoms with Gasteiger partial charge >= 0.3 is 6.18 Å². The van der Waals surface area contributed by atoms with Crippen molar-refractivity contribution in [1.29, 1.82) is 0 Å². The van der Waals surface area contributed by atoms with Crippen LogP contribution in [0.5, 0.6) is 0 Å². The van der Waals surface area contributed by atoms with Crippen LogP contribution < -0.4 is 5.32 Å². The molecule has 0 aliphatic carbocycles. The quantitative estimate of drug-likeness (QED) is 0.818. The molecule has 9 heteroatoms. The highest BCUT2D eigenvalue weighted by Gasteiger charge is 2.35. The molecule has 0 saturated carbocycles. The van der Waals surface area contributed by atoms with Crippen molar-refractivity contribution in [3.63, 3.8) is 0 Å². The van der Waals surface area contributed by atoms with Gasteiger partial charge in [0.05, 0.1) is 11.4 Å². The van der Waals surface area contributed by atoms with Crippen molar-refractivity contribution in [2.24, 2.45) is 0 Å². The number of carbonyl (C=O) groups excluding carboxylic acids is 1. The van der Waals surface area contributed by atoms with Gasteiger partial charge in [0.25, 0.3) is 0 Å². The van der Waals surface area contributed by atoms with E-state index in [9.17, 15) is 18.0 Å². The van der Waals surface area contributed by atoms with Crippen molar-refractivity contribution in [2.45, 2.75) is 46.5 Å². The fourth-order valence-corrected chi connectivity index (χ4v) is 2.44. The van der Waals surface area contributed by atoms with Gasteiger partial charge in [-0.25, -0.2) is 0 Å². The number of amides is 1. The normalized spacial score (nSPS) is 11.8. The topological polar surface area (TPSA) is 64.7 Å². The van der Waals surface area contributed by atoms with E-state index in [-0.39, 0.29) is 5.69 Å². The van der Waals surface area contributed by atoms with E-state index in [0.29, 0.717) is 24.2 Å². The highest BCUT2D eigenvalue weighted by Crippen LogP contribution is 2.29. The summed E-state index contributed by atoms with van der Waals surface area (Å²) in [5.41, 5.74) is 1.25. The molecule has 6 nitrogen and oxygen atoms in total. The van der Waals surface area contributed by atoms with Crippen LogP contribution >= 0.6 is 0 Å². The van der Waals surface area contributed by atoms with E-state index in [1.165, 1.54) is 6.92 Å². The Kier molecular flexibility index (Phi) is 5.30. The second-order valence-corrected chi connectivity index (χ2v) is 5.68. The molecular formula is C15H20F3N5O. The zero-order valence-corrected chi connectivity index (χ0v) is 13.8. The Hall–Kier alpha value is -2.32. The third kappa shape index (κ3) is 4.59. The maximum atomic E-state index is 12.8. The third-order valence-corrected chi connectivity index (χ3v) is 3.46. The molecule has 0 fully saturated rings. The predicted molar refractivity (Wildman–Crippen MR) is 81.3 cm³/mol. The fraction of sp³-hybridized carbons (Fsp3) is 0.533. The summed E-state index contributed by atoms with van der Waals surface area (Å²) in [7, 11) is 0. The second kappa shape index (κ2) is 7.06. The molecule has 2 aromatic heterocycles. The lowest BCUT2D eigenvalue weighted by Gasteiger charge is -2.10. The van der Waals surface area contributed by atoms with Gasteiger partial charge in [0.1, 0.15) is 12.2 Å². The monoisotopic (exact) mass is 343 g/mol. The average Bonchev–Trinajstić information content (AvgIpc) is 2.97. The van der Waals surface area contributed by atoms with Gasteiger partial charge in [-0.15, -0.1) is 0 Å². The summed E-state index contributed by atoms with van der Waals surface area (Å²) in [6, 6.07) is 2.88. The van der Waals surface area contributed by atoms with E-state index in [2.05, 4.69) is 15.5 Å². The van der Waals surface area contributed by atoms with Gasteiger partial charge in [0.15, 0.2) is 0 Å². The molecule has 1 amide bonds. The molecule has 0 spiro atoms. The van der Waals surface area contributed by atoms with Crippen molar-refractivity contribution in [3.05, 3.63) is 34.9 Å². The van der Waals surface area contributed by atoms with Crippen molar-refractivity contribution in [1.82, 2.24) is 24.9 Å². The summed E-state index contributed by atoms with van der Waals surface area (Å²) in [4.78, 5) is 11.8. The first-order valence-electron chi connectivity index (χ1n) is 7.56. The van der Waals surface area contributed by atoms with Crippen LogP contribution in [-0.4, -0.2) is 32.0 Å². The summed E-state index contributed by atoms with van der Waals surface area (Å²) in [6.45, 7) is 5.83. The Morgan fingerprint density at radius 3 is 2.33 bits per heavy atom. The zero-order chi connectivity index (χ0) is 17.9. The van der Waals surface area contributed by atoms with Gasteiger partial charge in [-0.1, -0.05) is 0 Å². The molecule has 0 aliphatic rings. The molecule has 2 heterocycles. The van der Waals surface area contributed by atoms with E-state index in [4.69, 9.17) is 0 Å². The molecule has 2 aromatic rings. The van der Waals surface area contributed by atoms with Crippen LogP contribution in [-0.2, 0) is 24.1 Å². The van der Waals surface area contributed by atoms with Crippen LogP contribution in [0.4, 0.5) is 13.2 Å². The summed E-state index contributed by atoms with van der Waals surface area (Å²) < 4.78 is 41.1. The summed E-state index contributed by atoms with van der Waals surface area (Å²) in [5.74, 6) is -0.503. The van der Waals surface area contributed by atoms with Crippen molar-refractivity contribution in [2.75, 3.05) is 6.54 Å². The lowest BCUT2D eigenvalue weighted by Crippen LogP contribution is -2.31. The minimum Gasteiger partial charge on any atom is -0.354 e. The van der Waals surface area contributed by atoms with Crippen LogP contribution in [0, 0.1) is 20.8 Å². The first-order valence-corrected chi connectivity index (χ1v) is 7.56. The van der Waals surface area contributed by atoms with E-state index >= 15 is 0 Å². The second-order valence-electron chi connectivity index (χ2n) is 5.68. The number of halogens is 3. The highest BCUT2D eigenvalue weighted by atomic mass is 19.4. The first kappa shape index (κ1) is 18.0. The number of aromatic nitrogens is 4. The molecule has 0 atom stereocenters. The maximum absolute atomic E-state index is 12.8. The Labute approximate surface area is 137 Å². The number of hydrogen-bond acceptors (Lipinski definition) is 3. The minimum absolute atomic E-state index is 0.222. The molecule has 1 N–H and O–H groups in total. The van der Waals surface area contributed by atoms with Gasteiger partial charge in [0, 0.05) is 18.8 Å². The standard InChI is InChI=1S/C15H20F3N5O/c1-10-7-12(3)22(20-10)6-4-5-19-14(24)9-23-13(15(16,17)18)8-11(2)21-23/h7-8H,4-6,9H2,1-3H3,(H,19,24). The molecule has 0 bridgehead atoms. The van der Waals surface area contributed by atoms with Crippen molar-refractivity contribution < 1.29 is 18.0 Å². The molecule has 0 radical (unpaired) electrons. The first-order chi connectivity index (χ1) is 11.2. The summed E-state index contributed by atoms with van der Waals surface area (Å²) >= 11 is 0. The number of carbonyl (C=O) groups is 1.